The first kappa shape index (κ1) is 17.6. The van der Waals surface area contributed by atoms with Crippen LogP contribution in [0.5, 0.6) is 0 Å². The summed E-state index contributed by atoms with van der Waals surface area (Å²) in [7, 11) is 0. The Morgan fingerprint density at radius 2 is 1.76 bits per heavy atom. The molecule has 25 heavy (non-hydrogen) atoms. The molecule has 2 aromatic rings. The molecule has 132 valence electrons. The lowest BCUT2D eigenvalue weighted by atomic mass is 10.00. The zero-order valence-corrected chi connectivity index (χ0v) is 14.5. The molecule has 2 N–H and O–H groups in total. The van der Waals surface area contributed by atoms with Crippen LogP contribution in [0.4, 0.5) is 0 Å². The van der Waals surface area contributed by atoms with E-state index in [4.69, 9.17) is 0 Å². The van der Waals surface area contributed by atoms with E-state index in [1.54, 1.807) is 12.1 Å². The lowest BCUT2D eigenvalue weighted by molar-refractivity contribution is 0.0917. The van der Waals surface area contributed by atoms with Crippen LogP contribution in [-0.2, 0) is 0 Å². The number of piperidine rings is 1. The van der Waals surface area contributed by atoms with E-state index in [0.717, 1.165) is 12.8 Å². The Balaban J connectivity index is 0.00000182. The number of carbonyl (C=O) groups is 1. The average Bonchev–Trinajstić information content (AvgIpc) is 2.94. The van der Waals surface area contributed by atoms with Gasteiger partial charge in [-0.1, -0.05) is 18.2 Å². The molecular weight excluding hydrogens is 340 g/mol. The third kappa shape index (κ3) is 3.75. The van der Waals surface area contributed by atoms with Crippen molar-refractivity contribution in [1.82, 2.24) is 20.4 Å². The quantitative estimate of drug-likeness (QED) is 0.873. The first-order valence-corrected chi connectivity index (χ1v) is 8.42. The van der Waals surface area contributed by atoms with Crippen LogP contribution >= 0.6 is 12.4 Å². The maximum absolute atomic E-state index is 12.5. The summed E-state index contributed by atoms with van der Waals surface area (Å²) in [5.74, 6) is -0.217. The fourth-order valence-electron chi connectivity index (χ4n) is 3.72. The van der Waals surface area contributed by atoms with Crippen LogP contribution in [0.2, 0.25) is 0 Å². The Morgan fingerprint density at radius 1 is 1.08 bits per heavy atom. The Bertz CT molecular complexity index is 796. The van der Waals surface area contributed by atoms with Gasteiger partial charge in [0.2, 0.25) is 0 Å². The predicted octanol–water partition coefficient (Wildman–Crippen LogP) is 1.67. The standard InChI is InChI=1S/C18H20N4O2.ClH/c23-17-9-8-16(21-22(17)15-4-2-1-3-5-15)18(24)20-14-10-12-6-7-13(11-14)19-12;/h1-5,8-9,12-14,19H,6-7,10-11H2,(H,20,24);1H. The van der Waals surface area contributed by atoms with Crippen LogP contribution in [0.15, 0.2) is 47.3 Å². The SMILES string of the molecule is Cl.O=C(NC1CC2CCC(C1)N2)c1ccc(=O)n(-c2ccccc2)n1. The molecule has 7 heteroatoms. The van der Waals surface area contributed by atoms with Gasteiger partial charge in [-0.15, -0.1) is 12.4 Å². The summed E-state index contributed by atoms with van der Waals surface area (Å²) in [5.41, 5.74) is 0.666. The number of halogens is 1. The zero-order chi connectivity index (χ0) is 16.5. The maximum Gasteiger partial charge on any atom is 0.271 e. The van der Waals surface area contributed by atoms with Gasteiger partial charge in [0.1, 0.15) is 5.69 Å². The summed E-state index contributed by atoms with van der Waals surface area (Å²) in [5, 5.41) is 10.9. The molecule has 2 atom stereocenters. The van der Waals surface area contributed by atoms with Crippen LogP contribution in [0, 0.1) is 0 Å². The minimum Gasteiger partial charge on any atom is -0.348 e. The van der Waals surface area contributed by atoms with Gasteiger partial charge >= 0.3 is 0 Å². The van der Waals surface area contributed by atoms with Crippen LogP contribution in [0.25, 0.3) is 5.69 Å². The van der Waals surface area contributed by atoms with E-state index in [1.165, 1.54) is 29.7 Å². The molecule has 1 aromatic carbocycles. The van der Waals surface area contributed by atoms with Crippen molar-refractivity contribution >= 4 is 18.3 Å². The molecule has 2 aliphatic heterocycles. The van der Waals surface area contributed by atoms with Crippen LogP contribution in [0.1, 0.15) is 36.2 Å². The van der Waals surface area contributed by atoms with Crippen LogP contribution in [0.3, 0.4) is 0 Å². The van der Waals surface area contributed by atoms with Gasteiger partial charge in [-0.25, -0.2) is 0 Å². The molecule has 2 fully saturated rings. The highest BCUT2D eigenvalue weighted by atomic mass is 35.5. The monoisotopic (exact) mass is 360 g/mol. The lowest BCUT2D eigenvalue weighted by Crippen LogP contribution is -2.48. The summed E-state index contributed by atoms with van der Waals surface area (Å²) in [6, 6.07) is 13.2. The maximum atomic E-state index is 12.5. The normalized spacial score (nSPS) is 24.4. The van der Waals surface area contributed by atoms with Gasteiger partial charge in [0.05, 0.1) is 5.69 Å². The molecule has 0 spiro atoms. The largest absolute Gasteiger partial charge is 0.348 e. The number of rotatable bonds is 3. The van der Waals surface area contributed by atoms with Gasteiger partial charge in [-0.05, 0) is 43.9 Å². The predicted molar refractivity (Wildman–Crippen MR) is 97.5 cm³/mol. The van der Waals surface area contributed by atoms with E-state index in [9.17, 15) is 9.59 Å². The zero-order valence-electron chi connectivity index (χ0n) is 13.7. The number of carbonyl (C=O) groups excluding carboxylic acids is 1. The Labute approximate surface area is 152 Å². The molecule has 0 radical (unpaired) electrons. The van der Waals surface area contributed by atoms with E-state index in [1.807, 2.05) is 18.2 Å². The minimum absolute atomic E-state index is 0. The third-order valence-corrected chi connectivity index (χ3v) is 4.84. The van der Waals surface area contributed by atoms with Gasteiger partial charge in [-0.3, -0.25) is 9.59 Å². The molecule has 3 heterocycles. The third-order valence-electron chi connectivity index (χ3n) is 4.84. The number of nitrogens with zero attached hydrogens (tertiary/aromatic N) is 2. The second-order valence-electron chi connectivity index (χ2n) is 6.58. The van der Waals surface area contributed by atoms with Gasteiger partial charge in [0, 0.05) is 24.2 Å². The fourth-order valence-corrected chi connectivity index (χ4v) is 3.72. The van der Waals surface area contributed by atoms with Crippen molar-refractivity contribution in [3.8, 4) is 5.69 Å². The van der Waals surface area contributed by atoms with Crippen molar-refractivity contribution in [2.75, 3.05) is 0 Å². The summed E-state index contributed by atoms with van der Waals surface area (Å²) in [6.07, 6.45) is 4.30. The average molecular weight is 361 g/mol. The van der Waals surface area contributed by atoms with Crippen molar-refractivity contribution in [2.45, 2.75) is 43.8 Å². The summed E-state index contributed by atoms with van der Waals surface area (Å²) in [4.78, 5) is 24.6. The van der Waals surface area contributed by atoms with Crippen molar-refractivity contribution in [3.63, 3.8) is 0 Å². The number of fused-ring (bicyclic) bond motifs is 2. The molecule has 1 aromatic heterocycles. The molecule has 6 nitrogen and oxygen atoms in total. The molecular formula is C18H21ClN4O2. The van der Waals surface area contributed by atoms with Gasteiger partial charge in [0.25, 0.3) is 11.5 Å². The van der Waals surface area contributed by atoms with Crippen LogP contribution < -0.4 is 16.2 Å². The van der Waals surface area contributed by atoms with Gasteiger partial charge in [0.15, 0.2) is 0 Å². The number of para-hydroxylation sites is 1. The smallest absolute Gasteiger partial charge is 0.271 e. The topological polar surface area (TPSA) is 76.0 Å². The molecule has 2 bridgehead atoms. The minimum atomic E-state index is -0.252. The molecule has 2 aliphatic rings. The first-order valence-electron chi connectivity index (χ1n) is 8.42. The molecule has 2 saturated heterocycles. The highest BCUT2D eigenvalue weighted by molar-refractivity contribution is 5.92. The number of hydrogen-bond donors (Lipinski definition) is 2. The highest BCUT2D eigenvalue weighted by Crippen LogP contribution is 2.26. The van der Waals surface area contributed by atoms with E-state index in [0.29, 0.717) is 17.8 Å². The van der Waals surface area contributed by atoms with Crippen LogP contribution in [-0.4, -0.2) is 33.8 Å². The summed E-state index contributed by atoms with van der Waals surface area (Å²) in [6.45, 7) is 0. The Morgan fingerprint density at radius 3 is 2.44 bits per heavy atom. The van der Waals surface area contributed by atoms with E-state index < -0.39 is 0 Å². The molecule has 4 rings (SSSR count). The van der Waals surface area contributed by atoms with Crippen molar-refractivity contribution in [3.05, 3.63) is 58.5 Å². The Kier molecular flexibility index (Phi) is 5.20. The highest BCUT2D eigenvalue weighted by Gasteiger charge is 2.34. The molecule has 1 amide bonds. The second-order valence-corrected chi connectivity index (χ2v) is 6.58. The van der Waals surface area contributed by atoms with Crippen molar-refractivity contribution in [2.24, 2.45) is 0 Å². The lowest BCUT2D eigenvalue weighted by Gasteiger charge is -2.29. The second kappa shape index (κ2) is 7.37. The first-order chi connectivity index (χ1) is 11.7. The van der Waals surface area contributed by atoms with E-state index in [2.05, 4.69) is 15.7 Å². The van der Waals surface area contributed by atoms with Gasteiger partial charge < -0.3 is 10.6 Å². The van der Waals surface area contributed by atoms with Crippen molar-refractivity contribution in [1.29, 1.82) is 0 Å². The number of hydrogen-bond acceptors (Lipinski definition) is 4. The molecule has 2 unspecified atom stereocenters. The summed E-state index contributed by atoms with van der Waals surface area (Å²) >= 11 is 0. The number of nitrogens with one attached hydrogen (secondary N) is 2. The van der Waals surface area contributed by atoms with E-state index in [-0.39, 0.29) is 35.6 Å². The van der Waals surface area contributed by atoms with Crippen molar-refractivity contribution < 1.29 is 4.79 Å². The fraction of sp³-hybridized carbons (Fsp3) is 0.389. The molecule has 0 saturated carbocycles. The number of amides is 1. The number of benzene rings is 1. The molecule has 0 aliphatic carbocycles. The van der Waals surface area contributed by atoms with Gasteiger partial charge in [-0.2, -0.15) is 9.78 Å². The number of aromatic nitrogens is 2. The Hall–Kier alpha value is -2.18. The summed E-state index contributed by atoms with van der Waals surface area (Å²) < 4.78 is 1.26. The van der Waals surface area contributed by atoms with E-state index >= 15 is 0 Å².